The van der Waals surface area contributed by atoms with Crippen molar-refractivity contribution in [1.82, 2.24) is 0 Å². The van der Waals surface area contributed by atoms with Crippen molar-refractivity contribution >= 4 is 18.0 Å². The first kappa shape index (κ1) is 15.2. The Morgan fingerprint density at radius 3 is 2.74 bits per heavy atom. The van der Waals surface area contributed by atoms with Crippen LogP contribution < -0.4 is 0 Å². The van der Waals surface area contributed by atoms with Crippen LogP contribution in [0.15, 0.2) is 16.5 Å². The number of aliphatic hydroxyl groups is 1. The molecule has 1 aliphatic rings. The van der Waals surface area contributed by atoms with Crippen molar-refractivity contribution < 1.29 is 24.3 Å². The summed E-state index contributed by atoms with van der Waals surface area (Å²) in [6, 6.07) is 0. The molecule has 0 heterocycles. The van der Waals surface area contributed by atoms with E-state index in [0.29, 0.717) is 6.61 Å². The lowest BCUT2D eigenvalue weighted by Gasteiger charge is -2.35. The van der Waals surface area contributed by atoms with Gasteiger partial charge in [-0.1, -0.05) is 19.0 Å². The molecule has 0 aliphatic heterocycles. The van der Waals surface area contributed by atoms with E-state index in [9.17, 15) is 14.7 Å². The summed E-state index contributed by atoms with van der Waals surface area (Å²) in [7, 11) is 1.25. The zero-order valence-corrected chi connectivity index (χ0v) is 11.6. The van der Waals surface area contributed by atoms with Gasteiger partial charge in [-0.15, -0.1) is 0 Å². The van der Waals surface area contributed by atoms with Crippen molar-refractivity contribution in [2.24, 2.45) is 16.5 Å². The molecule has 0 unspecified atom stereocenters. The van der Waals surface area contributed by atoms with Crippen LogP contribution in [0, 0.1) is 11.3 Å². The Kier molecular flexibility index (Phi) is 4.69. The third kappa shape index (κ3) is 3.13. The average Bonchev–Trinajstić information content (AvgIpc) is 2.31. The fourth-order valence-electron chi connectivity index (χ4n) is 2.13. The minimum atomic E-state index is -0.877. The van der Waals surface area contributed by atoms with Gasteiger partial charge in [0.25, 0.3) is 0 Å². The second-order valence-electron chi connectivity index (χ2n) is 5.00. The van der Waals surface area contributed by atoms with E-state index < -0.39 is 17.3 Å². The van der Waals surface area contributed by atoms with E-state index in [1.807, 2.05) is 0 Å². The van der Waals surface area contributed by atoms with Crippen LogP contribution >= 0.6 is 0 Å². The molecule has 1 rings (SSSR count). The lowest BCUT2D eigenvalue weighted by molar-refractivity contribution is -0.150. The van der Waals surface area contributed by atoms with Crippen LogP contribution in [-0.2, 0) is 19.2 Å². The number of methoxy groups -OCH3 is 1. The standard InChI is InChI=1S/C13H19NO5/c1-5-19-14-7-8-9(15)6-13(2,3)10(11(8)16)12(17)18-4/h7,10,16H,5-6H2,1-4H3/t10-/m1/s1. The monoisotopic (exact) mass is 269 g/mol. The van der Waals surface area contributed by atoms with Crippen LogP contribution in [0.25, 0.3) is 0 Å². The second kappa shape index (κ2) is 5.86. The fraction of sp³-hybridized carbons (Fsp3) is 0.615. The Morgan fingerprint density at radius 2 is 2.21 bits per heavy atom. The number of ether oxygens (including phenoxy) is 1. The van der Waals surface area contributed by atoms with Crippen molar-refractivity contribution in [2.45, 2.75) is 27.2 Å². The minimum Gasteiger partial charge on any atom is -0.511 e. The van der Waals surface area contributed by atoms with Gasteiger partial charge in [0.2, 0.25) is 0 Å². The summed E-state index contributed by atoms with van der Waals surface area (Å²) >= 11 is 0. The maximum Gasteiger partial charge on any atom is 0.316 e. The molecule has 0 spiro atoms. The number of Topliss-reactive ketones (excluding diaryl/α,β-unsaturated/α-hetero) is 1. The highest BCUT2D eigenvalue weighted by atomic mass is 16.6. The van der Waals surface area contributed by atoms with Gasteiger partial charge in [0, 0.05) is 6.42 Å². The molecule has 1 atom stereocenters. The number of ketones is 1. The number of aliphatic hydroxyl groups excluding tert-OH is 1. The number of nitrogens with zero attached hydrogens (tertiary/aromatic N) is 1. The summed E-state index contributed by atoms with van der Waals surface area (Å²) < 4.78 is 4.68. The van der Waals surface area contributed by atoms with Gasteiger partial charge in [0.1, 0.15) is 18.3 Å². The lowest BCUT2D eigenvalue weighted by atomic mass is 9.68. The van der Waals surface area contributed by atoms with Gasteiger partial charge in [-0.25, -0.2) is 0 Å². The molecule has 1 N–H and O–H groups in total. The third-order valence-corrected chi connectivity index (χ3v) is 3.07. The quantitative estimate of drug-likeness (QED) is 0.476. The highest BCUT2D eigenvalue weighted by Gasteiger charge is 2.46. The van der Waals surface area contributed by atoms with Crippen LogP contribution in [0.3, 0.4) is 0 Å². The van der Waals surface area contributed by atoms with E-state index in [4.69, 9.17) is 4.84 Å². The number of hydrogen-bond acceptors (Lipinski definition) is 6. The summed E-state index contributed by atoms with van der Waals surface area (Å²) in [5.41, 5.74) is -0.694. The predicted molar refractivity (Wildman–Crippen MR) is 68.7 cm³/mol. The number of allylic oxidation sites excluding steroid dienone is 1. The molecule has 6 heteroatoms. The van der Waals surface area contributed by atoms with Crippen LogP contribution in [0.1, 0.15) is 27.2 Å². The van der Waals surface area contributed by atoms with E-state index in [2.05, 4.69) is 9.89 Å². The van der Waals surface area contributed by atoms with Gasteiger partial charge in [-0.3, -0.25) is 9.59 Å². The molecule has 0 saturated carbocycles. The molecule has 0 amide bonds. The maximum atomic E-state index is 12.0. The first-order valence-corrected chi connectivity index (χ1v) is 6.04. The Bertz CT molecular complexity index is 436. The van der Waals surface area contributed by atoms with Crippen LogP contribution in [0.2, 0.25) is 0 Å². The first-order chi connectivity index (χ1) is 8.85. The molecule has 1 aliphatic carbocycles. The predicted octanol–water partition coefficient (Wildman–Crippen LogP) is 1.61. The number of carbonyl (C=O) groups is 2. The van der Waals surface area contributed by atoms with E-state index in [1.54, 1.807) is 20.8 Å². The van der Waals surface area contributed by atoms with Gasteiger partial charge in [-0.05, 0) is 12.3 Å². The number of esters is 1. The topological polar surface area (TPSA) is 85.2 Å². The zero-order chi connectivity index (χ0) is 14.6. The van der Waals surface area contributed by atoms with E-state index in [-0.39, 0.29) is 23.5 Å². The average molecular weight is 269 g/mol. The van der Waals surface area contributed by atoms with E-state index >= 15 is 0 Å². The van der Waals surface area contributed by atoms with Gasteiger partial charge in [0.05, 0.1) is 18.9 Å². The van der Waals surface area contributed by atoms with E-state index in [0.717, 1.165) is 6.21 Å². The van der Waals surface area contributed by atoms with Crippen LogP contribution in [-0.4, -0.2) is 36.8 Å². The summed E-state index contributed by atoms with van der Waals surface area (Å²) in [6.07, 6.45) is 1.27. The maximum absolute atomic E-state index is 12.0. The molecule has 6 nitrogen and oxygen atoms in total. The highest BCUT2D eigenvalue weighted by molar-refractivity contribution is 6.15. The summed E-state index contributed by atoms with van der Waals surface area (Å²) in [5, 5.41) is 13.7. The van der Waals surface area contributed by atoms with Crippen molar-refractivity contribution in [3.05, 3.63) is 11.3 Å². The number of carbonyl (C=O) groups excluding carboxylic acids is 2. The number of oxime groups is 1. The molecular weight excluding hydrogens is 250 g/mol. The van der Waals surface area contributed by atoms with Crippen molar-refractivity contribution in [2.75, 3.05) is 13.7 Å². The molecule has 19 heavy (non-hydrogen) atoms. The van der Waals surface area contributed by atoms with Gasteiger partial charge in [-0.2, -0.15) is 0 Å². The molecule has 0 fully saturated rings. The molecule has 0 aromatic carbocycles. The molecule has 0 bridgehead atoms. The largest absolute Gasteiger partial charge is 0.511 e. The number of hydrogen-bond donors (Lipinski definition) is 1. The van der Waals surface area contributed by atoms with E-state index in [1.165, 1.54) is 7.11 Å². The number of rotatable bonds is 4. The fourth-order valence-corrected chi connectivity index (χ4v) is 2.13. The molecule has 0 aromatic heterocycles. The van der Waals surface area contributed by atoms with Gasteiger partial charge < -0.3 is 14.7 Å². The zero-order valence-electron chi connectivity index (χ0n) is 11.6. The smallest absolute Gasteiger partial charge is 0.316 e. The third-order valence-electron chi connectivity index (χ3n) is 3.07. The Morgan fingerprint density at radius 1 is 1.58 bits per heavy atom. The normalized spacial score (nSPS) is 22.7. The summed E-state index contributed by atoms with van der Waals surface area (Å²) in [4.78, 5) is 28.5. The Labute approximate surface area is 112 Å². The van der Waals surface area contributed by atoms with Gasteiger partial charge >= 0.3 is 5.97 Å². The Hall–Kier alpha value is -1.85. The SMILES string of the molecule is CCON=CC1=C(O)[C@H](C(=O)OC)C(C)(C)CC1=O. The highest BCUT2D eigenvalue weighted by Crippen LogP contribution is 2.41. The summed E-state index contributed by atoms with van der Waals surface area (Å²) in [6.45, 7) is 5.57. The van der Waals surface area contributed by atoms with Crippen molar-refractivity contribution in [1.29, 1.82) is 0 Å². The summed E-state index contributed by atoms with van der Waals surface area (Å²) in [5.74, 6) is -2.03. The van der Waals surface area contributed by atoms with Crippen molar-refractivity contribution in [3.63, 3.8) is 0 Å². The molecule has 106 valence electrons. The first-order valence-electron chi connectivity index (χ1n) is 6.04. The van der Waals surface area contributed by atoms with Crippen LogP contribution in [0.4, 0.5) is 0 Å². The molecular formula is C13H19NO5. The second-order valence-corrected chi connectivity index (χ2v) is 5.00. The van der Waals surface area contributed by atoms with Crippen LogP contribution in [0.5, 0.6) is 0 Å². The minimum absolute atomic E-state index is 0.00294. The molecule has 0 saturated heterocycles. The molecule has 0 radical (unpaired) electrons. The van der Waals surface area contributed by atoms with Crippen molar-refractivity contribution in [3.8, 4) is 0 Å². The Balaban J connectivity index is 3.19. The molecule has 0 aromatic rings. The lowest BCUT2D eigenvalue weighted by Crippen LogP contribution is -2.40. The van der Waals surface area contributed by atoms with Gasteiger partial charge in [0.15, 0.2) is 5.78 Å².